The summed E-state index contributed by atoms with van der Waals surface area (Å²) < 4.78 is 0. The highest BCUT2D eigenvalue weighted by molar-refractivity contribution is 6.04. The lowest BCUT2D eigenvalue weighted by Crippen LogP contribution is -2.28. The zero-order valence-electron chi connectivity index (χ0n) is 26.3. The van der Waals surface area contributed by atoms with Gasteiger partial charge in [-0.1, -0.05) is 30.3 Å². The molecule has 0 radical (unpaired) electrons. The highest BCUT2D eigenvalue weighted by Crippen LogP contribution is 2.29. The Hall–Kier alpha value is -5.71. The van der Waals surface area contributed by atoms with Gasteiger partial charge < -0.3 is 31.7 Å². The maximum absolute atomic E-state index is 13.4. The molecule has 46 heavy (non-hydrogen) atoms. The van der Waals surface area contributed by atoms with Gasteiger partial charge in [0.25, 0.3) is 17.4 Å². The second-order valence-electron chi connectivity index (χ2n) is 11.3. The van der Waals surface area contributed by atoms with Crippen molar-refractivity contribution >= 4 is 34.4 Å². The number of aromatic amines is 2. The van der Waals surface area contributed by atoms with E-state index in [4.69, 9.17) is 5.73 Å². The van der Waals surface area contributed by atoms with Gasteiger partial charge in [-0.15, -0.1) is 0 Å². The van der Waals surface area contributed by atoms with Gasteiger partial charge in [-0.25, -0.2) is 4.98 Å². The summed E-state index contributed by atoms with van der Waals surface area (Å²) >= 11 is 0. The van der Waals surface area contributed by atoms with Crippen molar-refractivity contribution in [3.8, 4) is 11.1 Å². The van der Waals surface area contributed by atoms with Crippen LogP contribution in [0.25, 0.3) is 22.2 Å². The first-order chi connectivity index (χ1) is 22.0. The first-order valence-electron chi connectivity index (χ1n) is 15.0. The van der Waals surface area contributed by atoms with Crippen LogP contribution in [-0.4, -0.2) is 39.2 Å². The van der Waals surface area contributed by atoms with Gasteiger partial charge in [0.1, 0.15) is 11.3 Å². The normalized spacial score (nSPS) is 11.0. The predicted octanol–water partition coefficient (Wildman–Crippen LogP) is 4.16. The van der Waals surface area contributed by atoms with Crippen LogP contribution in [0.5, 0.6) is 0 Å². The van der Waals surface area contributed by atoms with Gasteiger partial charge in [0.2, 0.25) is 5.91 Å². The van der Waals surface area contributed by atoms with Gasteiger partial charge in [-0.3, -0.25) is 19.2 Å². The molecule has 0 atom stereocenters. The van der Waals surface area contributed by atoms with Crippen LogP contribution in [-0.2, 0) is 24.3 Å². The number of carbonyl (C=O) groups excluding carboxylic acids is 3. The van der Waals surface area contributed by atoms with E-state index >= 15 is 0 Å². The molecule has 11 heteroatoms. The number of anilines is 1. The summed E-state index contributed by atoms with van der Waals surface area (Å²) in [6, 6.07) is 18.5. The fraction of sp³-hybridized carbons (Fsp3) is 0.229. The van der Waals surface area contributed by atoms with Crippen LogP contribution < -0.4 is 27.2 Å². The quantitative estimate of drug-likeness (QED) is 0.129. The molecule has 0 spiro atoms. The molecule has 5 aromatic rings. The van der Waals surface area contributed by atoms with E-state index in [9.17, 15) is 19.2 Å². The molecule has 0 aliphatic heterocycles. The molecule has 2 aromatic heterocycles. The first kappa shape index (κ1) is 31.7. The summed E-state index contributed by atoms with van der Waals surface area (Å²) in [6.07, 6.45) is 0.162. The van der Waals surface area contributed by atoms with Crippen molar-refractivity contribution < 1.29 is 14.4 Å². The lowest BCUT2D eigenvalue weighted by atomic mass is 9.96. The molecule has 0 aliphatic rings. The van der Waals surface area contributed by atoms with Gasteiger partial charge in [-0.2, -0.15) is 0 Å². The zero-order chi connectivity index (χ0) is 33.0. The highest BCUT2D eigenvalue weighted by Gasteiger charge is 2.17. The molecule has 5 rings (SSSR count). The minimum atomic E-state index is -0.565. The number of pyridine rings is 1. The lowest BCUT2D eigenvalue weighted by Gasteiger charge is -2.16. The number of primary amides is 1. The molecule has 0 unspecified atom stereocenters. The first-order valence-corrected chi connectivity index (χ1v) is 15.0. The van der Waals surface area contributed by atoms with E-state index in [1.54, 1.807) is 18.2 Å². The van der Waals surface area contributed by atoms with E-state index < -0.39 is 5.91 Å². The van der Waals surface area contributed by atoms with Crippen molar-refractivity contribution in [2.75, 3.05) is 11.9 Å². The van der Waals surface area contributed by atoms with Crippen molar-refractivity contribution in [3.63, 3.8) is 0 Å². The number of H-pyrrole nitrogens is 2. The Bertz CT molecular complexity index is 2010. The number of imidazole rings is 1. The van der Waals surface area contributed by atoms with E-state index in [0.717, 1.165) is 39.2 Å². The number of nitrogens with one attached hydrogen (secondary N) is 5. The topological polar surface area (TPSA) is 175 Å². The van der Waals surface area contributed by atoms with E-state index in [1.807, 2.05) is 70.2 Å². The van der Waals surface area contributed by atoms with Crippen LogP contribution in [0.2, 0.25) is 0 Å². The number of nitrogens with zero attached hydrogens (tertiary/aromatic N) is 1. The molecule has 3 aromatic carbocycles. The molecule has 0 aliphatic carbocycles. The summed E-state index contributed by atoms with van der Waals surface area (Å²) in [4.78, 5) is 60.6. The number of benzene rings is 3. The molecule has 0 fully saturated rings. The number of para-hydroxylation sites is 1. The average molecular weight is 620 g/mol. The molecule has 0 saturated heterocycles. The summed E-state index contributed by atoms with van der Waals surface area (Å²) in [5.41, 5.74) is 13.5. The van der Waals surface area contributed by atoms with Crippen molar-refractivity contribution in [3.05, 3.63) is 116 Å². The Labute approximate surface area is 266 Å². The Morgan fingerprint density at radius 2 is 1.63 bits per heavy atom. The van der Waals surface area contributed by atoms with E-state index in [0.29, 0.717) is 40.1 Å². The number of carbonyl (C=O) groups is 3. The van der Waals surface area contributed by atoms with Gasteiger partial charge >= 0.3 is 0 Å². The van der Waals surface area contributed by atoms with E-state index in [2.05, 4.69) is 30.9 Å². The van der Waals surface area contributed by atoms with Crippen LogP contribution >= 0.6 is 0 Å². The fourth-order valence-corrected chi connectivity index (χ4v) is 5.47. The van der Waals surface area contributed by atoms with Crippen molar-refractivity contribution in [2.45, 2.75) is 47.2 Å². The molecular formula is C35H37N7O4. The number of rotatable bonds is 11. The minimum absolute atomic E-state index is 0.113. The SMILES string of the molecule is CCNc1cc(-c2ccc(CC(=O)NCc3nc4c(C(N)=O)cccc4[nH]3)cc2)cc(C(=O)NCc2c(C)cc(C)[nH]c2=O)c1C. The summed E-state index contributed by atoms with van der Waals surface area (Å²) in [5, 5.41) is 9.12. The van der Waals surface area contributed by atoms with Crippen LogP contribution in [0.1, 0.15) is 61.4 Å². The number of hydrogen-bond donors (Lipinski definition) is 6. The number of amides is 3. The predicted molar refractivity (Wildman–Crippen MR) is 179 cm³/mol. The van der Waals surface area contributed by atoms with Crippen LogP contribution in [0.4, 0.5) is 5.69 Å². The molecule has 7 N–H and O–H groups in total. The number of hydrogen-bond acceptors (Lipinski definition) is 6. The Morgan fingerprint density at radius 1 is 0.870 bits per heavy atom. The second-order valence-corrected chi connectivity index (χ2v) is 11.3. The monoisotopic (exact) mass is 619 g/mol. The number of nitrogens with two attached hydrogens (primary N) is 1. The molecule has 3 amide bonds. The fourth-order valence-electron chi connectivity index (χ4n) is 5.47. The van der Waals surface area contributed by atoms with E-state index in [1.165, 1.54) is 0 Å². The summed E-state index contributed by atoms with van der Waals surface area (Å²) in [5.74, 6) is -0.509. The second kappa shape index (κ2) is 13.5. The third-order valence-electron chi connectivity index (χ3n) is 7.87. The zero-order valence-corrected chi connectivity index (χ0v) is 26.3. The lowest BCUT2D eigenvalue weighted by molar-refractivity contribution is -0.120. The maximum Gasteiger partial charge on any atom is 0.253 e. The number of aromatic nitrogens is 3. The van der Waals surface area contributed by atoms with Gasteiger partial charge in [0.15, 0.2) is 0 Å². The largest absolute Gasteiger partial charge is 0.385 e. The molecule has 2 heterocycles. The number of aryl methyl sites for hydroxylation is 2. The van der Waals surface area contributed by atoms with Gasteiger partial charge in [0.05, 0.1) is 24.0 Å². The van der Waals surface area contributed by atoms with Gasteiger partial charge in [-0.05, 0) is 85.8 Å². The molecule has 11 nitrogen and oxygen atoms in total. The summed E-state index contributed by atoms with van der Waals surface area (Å²) in [6.45, 7) is 8.52. The third kappa shape index (κ3) is 6.99. The van der Waals surface area contributed by atoms with Gasteiger partial charge in [0, 0.05) is 35.6 Å². The molecule has 0 saturated carbocycles. The van der Waals surface area contributed by atoms with Crippen LogP contribution in [0, 0.1) is 20.8 Å². The van der Waals surface area contributed by atoms with Crippen molar-refractivity contribution in [1.82, 2.24) is 25.6 Å². The van der Waals surface area contributed by atoms with Crippen LogP contribution in [0.15, 0.2) is 65.5 Å². The average Bonchev–Trinajstić information content (AvgIpc) is 3.44. The Morgan fingerprint density at radius 3 is 2.33 bits per heavy atom. The Kier molecular flexibility index (Phi) is 9.31. The molecule has 0 bridgehead atoms. The highest BCUT2D eigenvalue weighted by atomic mass is 16.2. The summed E-state index contributed by atoms with van der Waals surface area (Å²) in [7, 11) is 0. The number of fused-ring (bicyclic) bond motifs is 1. The maximum atomic E-state index is 13.4. The smallest absolute Gasteiger partial charge is 0.253 e. The van der Waals surface area contributed by atoms with Crippen molar-refractivity contribution in [1.29, 1.82) is 0 Å². The van der Waals surface area contributed by atoms with Crippen molar-refractivity contribution in [2.24, 2.45) is 5.73 Å². The third-order valence-corrected chi connectivity index (χ3v) is 7.87. The minimum Gasteiger partial charge on any atom is -0.385 e. The van der Waals surface area contributed by atoms with E-state index in [-0.39, 0.29) is 36.9 Å². The molecular weight excluding hydrogens is 582 g/mol. The Balaban J connectivity index is 1.27. The standard InChI is InChI=1S/C35H37N7O4/c1-5-37-29-16-24(15-26(21(29)4)34(45)39-17-27-19(2)13-20(3)40-35(27)46)23-11-9-22(10-12-23)14-31(43)38-18-30-41-28-8-6-7-25(33(36)44)32(28)42-30/h6-13,15-16,37H,5,14,17-18H2,1-4H3,(H2,36,44)(H,38,43)(H,39,45)(H,40,46)(H,41,42). The van der Waals surface area contributed by atoms with Crippen LogP contribution in [0.3, 0.4) is 0 Å². The molecule has 236 valence electrons.